The summed E-state index contributed by atoms with van der Waals surface area (Å²) < 4.78 is 5.16. The number of aliphatic carboxylic acids is 2. The molecule has 0 radical (unpaired) electrons. The highest BCUT2D eigenvalue weighted by Crippen LogP contribution is 2.18. The van der Waals surface area contributed by atoms with Gasteiger partial charge in [0.15, 0.2) is 0 Å². The molecule has 0 aromatic carbocycles. The van der Waals surface area contributed by atoms with Crippen LogP contribution in [0, 0.1) is 0 Å². The van der Waals surface area contributed by atoms with Gasteiger partial charge in [0.05, 0.1) is 18.8 Å². The second kappa shape index (κ2) is 5.24. The molecule has 92 valence electrons. The first kappa shape index (κ1) is 12.9. The van der Waals surface area contributed by atoms with Crippen molar-refractivity contribution in [2.75, 3.05) is 26.3 Å². The van der Waals surface area contributed by atoms with Crippen LogP contribution in [0.4, 0.5) is 0 Å². The number of carboxylic acids is 2. The number of piperazine rings is 1. The number of carboxylic acid groups (broad SMARTS) is 2. The Labute approximate surface area is 92.8 Å². The summed E-state index contributed by atoms with van der Waals surface area (Å²) >= 11 is 0. The summed E-state index contributed by atoms with van der Waals surface area (Å²) in [5.74, 6) is -3.65. The third kappa shape index (κ3) is 3.44. The summed E-state index contributed by atoms with van der Waals surface area (Å²) in [5, 5.41) is 21.7. The van der Waals surface area contributed by atoms with Crippen molar-refractivity contribution in [3.8, 4) is 0 Å². The van der Waals surface area contributed by atoms with E-state index in [-0.39, 0.29) is 5.54 Å². The van der Waals surface area contributed by atoms with Crippen molar-refractivity contribution in [2.45, 2.75) is 18.5 Å². The Balaban J connectivity index is 0.000000187. The fourth-order valence-corrected chi connectivity index (χ4v) is 1.69. The van der Waals surface area contributed by atoms with Crippen molar-refractivity contribution in [1.82, 2.24) is 10.6 Å². The second-order valence-electron chi connectivity index (χ2n) is 4.06. The van der Waals surface area contributed by atoms with Crippen LogP contribution in [0.15, 0.2) is 0 Å². The Morgan fingerprint density at radius 3 is 2.12 bits per heavy atom. The number of carbonyl (C=O) groups is 2. The van der Waals surface area contributed by atoms with Gasteiger partial charge in [0, 0.05) is 19.1 Å². The van der Waals surface area contributed by atoms with Gasteiger partial charge in [-0.25, -0.2) is 9.59 Å². The minimum Gasteiger partial charge on any atom is -0.473 e. The van der Waals surface area contributed by atoms with Gasteiger partial charge in [0.2, 0.25) is 0 Å². The lowest BCUT2D eigenvalue weighted by Crippen LogP contribution is -2.72. The van der Waals surface area contributed by atoms with E-state index in [0.717, 1.165) is 26.3 Å². The monoisotopic (exact) mass is 232 g/mol. The van der Waals surface area contributed by atoms with Crippen molar-refractivity contribution in [3.63, 3.8) is 0 Å². The largest absolute Gasteiger partial charge is 0.473 e. The maximum Gasteiger partial charge on any atom is 0.414 e. The Morgan fingerprint density at radius 2 is 1.88 bits per heavy atom. The number of hydrogen-bond donors (Lipinski definition) is 4. The van der Waals surface area contributed by atoms with Gasteiger partial charge in [-0.15, -0.1) is 0 Å². The van der Waals surface area contributed by atoms with E-state index < -0.39 is 11.9 Å². The number of ether oxygens (including phenoxy) is 1. The lowest BCUT2D eigenvalue weighted by molar-refractivity contribution is -0.159. The molecule has 0 aromatic rings. The van der Waals surface area contributed by atoms with E-state index in [9.17, 15) is 0 Å². The van der Waals surface area contributed by atoms with E-state index in [1.807, 2.05) is 0 Å². The van der Waals surface area contributed by atoms with Crippen LogP contribution in [-0.4, -0.2) is 60.0 Å². The van der Waals surface area contributed by atoms with E-state index in [0.29, 0.717) is 6.04 Å². The predicted octanol–water partition coefficient (Wildman–Crippen LogP) is -1.51. The van der Waals surface area contributed by atoms with Crippen molar-refractivity contribution < 1.29 is 24.5 Å². The van der Waals surface area contributed by atoms with Crippen molar-refractivity contribution >= 4 is 11.9 Å². The first-order valence-electron chi connectivity index (χ1n) is 4.97. The molecule has 0 saturated carbocycles. The molecule has 0 amide bonds. The molecule has 7 nitrogen and oxygen atoms in total. The summed E-state index contributed by atoms with van der Waals surface area (Å²) in [4.78, 5) is 18.2. The topological polar surface area (TPSA) is 108 Å². The van der Waals surface area contributed by atoms with Crippen molar-refractivity contribution in [3.05, 3.63) is 0 Å². The van der Waals surface area contributed by atoms with Crippen LogP contribution in [-0.2, 0) is 14.3 Å². The van der Waals surface area contributed by atoms with Crippen LogP contribution >= 0.6 is 0 Å². The molecule has 0 aromatic heterocycles. The zero-order chi connectivity index (χ0) is 12.2. The fourth-order valence-electron chi connectivity index (χ4n) is 1.69. The molecule has 2 aliphatic heterocycles. The molecule has 16 heavy (non-hydrogen) atoms. The maximum absolute atomic E-state index is 9.10. The molecular weight excluding hydrogens is 216 g/mol. The highest BCUT2D eigenvalue weighted by Gasteiger charge is 2.41. The lowest BCUT2D eigenvalue weighted by Gasteiger charge is -2.47. The number of rotatable bonds is 0. The molecule has 2 rings (SSSR count). The average Bonchev–Trinajstić information content (AvgIpc) is 2.16. The Hall–Kier alpha value is -1.18. The van der Waals surface area contributed by atoms with Gasteiger partial charge in [-0.1, -0.05) is 0 Å². The average molecular weight is 232 g/mol. The molecule has 2 fully saturated rings. The summed E-state index contributed by atoms with van der Waals surface area (Å²) in [6, 6.07) is 0.595. The highest BCUT2D eigenvalue weighted by molar-refractivity contribution is 6.27. The summed E-state index contributed by atoms with van der Waals surface area (Å²) in [7, 11) is 0. The molecule has 1 atom stereocenters. The van der Waals surface area contributed by atoms with Crippen molar-refractivity contribution in [1.29, 1.82) is 0 Å². The van der Waals surface area contributed by atoms with Gasteiger partial charge in [-0.3, -0.25) is 0 Å². The minimum absolute atomic E-state index is 0.289. The SMILES string of the molecule is C[C@@H]1CNCC2(COC2)N1.O=C(O)C(=O)O. The van der Waals surface area contributed by atoms with Crippen LogP contribution in [0.3, 0.4) is 0 Å². The normalized spacial score (nSPS) is 26.2. The maximum atomic E-state index is 9.10. The quantitative estimate of drug-likeness (QED) is 0.376. The standard InChI is InChI=1S/C7H14N2O.C2H2O4/c1-6-2-8-3-7(9-6)4-10-5-7;3-1(4)2(5)6/h6,8-9H,2-5H2,1H3;(H,3,4)(H,5,6)/t6-;/m1./s1. The van der Waals surface area contributed by atoms with Gasteiger partial charge in [0.1, 0.15) is 0 Å². The van der Waals surface area contributed by atoms with E-state index >= 15 is 0 Å². The smallest absolute Gasteiger partial charge is 0.414 e. The molecule has 2 aliphatic rings. The Morgan fingerprint density at radius 1 is 1.31 bits per heavy atom. The zero-order valence-electron chi connectivity index (χ0n) is 9.02. The van der Waals surface area contributed by atoms with Gasteiger partial charge in [-0.2, -0.15) is 0 Å². The van der Waals surface area contributed by atoms with Crippen molar-refractivity contribution in [2.24, 2.45) is 0 Å². The van der Waals surface area contributed by atoms with E-state index in [2.05, 4.69) is 17.6 Å². The van der Waals surface area contributed by atoms with E-state index in [1.54, 1.807) is 0 Å². The summed E-state index contributed by atoms with van der Waals surface area (Å²) in [6.45, 7) is 6.11. The molecule has 0 aliphatic carbocycles. The summed E-state index contributed by atoms with van der Waals surface area (Å²) in [6.07, 6.45) is 0. The van der Waals surface area contributed by atoms with Gasteiger partial charge >= 0.3 is 11.9 Å². The van der Waals surface area contributed by atoms with Crippen LogP contribution in [0.2, 0.25) is 0 Å². The van der Waals surface area contributed by atoms with Crippen LogP contribution in [0.25, 0.3) is 0 Å². The Bertz CT molecular complexity index is 265. The van der Waals surface area contributed by atoms with Gasteiger partial charge in [-0.05, 0) is 6.92 Å². The molecular formula is C9H16N2O5. The highest BCUT2D eigenvalue weighted by atomic mass is 16.5. The minimum atomic E-state index is -1.82. The summed E-state index contributed by atoms with van der Waals surface area (Å²) in [5.41, 5.74) is 0.289. The van der Waals surface area contributed by atoms with Gasteiger partial charge in [0.25, 0.3) is 0 Å². The van der Waals surface area contributed by atoms with E-state index in [4.69, 9.17) is 24.5 Å². The zero-order valence-corrected chi connectivity index (χ0v) is 9.02. The predicted molar refractivity (Wildman–Crippen MR) is 54.3 cm³/mol. The first-order valence-corrected chi connectivity index (χ1v) is 4.97. The molecule has 0 unspecified atom stereocenters. The first-order chi connectivity index (χ1) is 7.45. The number of hydrogen-bond acceptors (Lipinski definition) is 5. The molecule has 2 saturated heterocycles. The lowest BCUT2D eigenvalue weighted by atomic mass is 9.94. The second-order valence-corrected chi connectivity index (χ2v) is 4.06. The van der Waals surface area contributed by atoms with E-state index in [1.165, 1.54) is 0 Å². The molecule has 1 spiro atoms. The Kier molecular flexibility index (Phi) is 4.22. The fraction of sp³-hybridized carbons (Fsp3) is 0.778. The molecule has 2 heterocycles. The third-order valence-electron chi connectivity index (χ3n) is 2.41. The third-order valence-corrected chi connectivity index (χ3v) is 2.41. The number of nitrogens with one attached hydrogen (secondary N) is 2. The molecule has 7 heteroatoms. The van der Waals surface area contributed by atoms with Gasteiger partial charge < -0.3 is 25.6 Å². The van der Waals surface area contributed by atoms with Crippen LogP contribution in [0.5, 0.6) is 0 Å². The molecule has 0 bridgehead atoms. The van der Waals surface area contributed by atoms with Crippen LogP contribution in [0.1, 0.15) is 6.92 Å². The van der Waals surface area contributed by atoms with Crippen LogP contribution < -0.4 is 10.6 Å². The molecule has 4 N–H and O–H groups in total.